The number of hydrogen-bond acceptors (Lipinski definition) is 13. The van der Waals surface area contributed by atoms with E-state index in [1.807, 2.05) is 0 Å². The number of carbonyl (C=O) groups is 1. The third-order valence-electron chi connectivity index (χ3n) is 7.63. The molecular weight excluding hydrogens is 568 g/mol. The maximum Gasteiger partial charge on any atom is 0.310 e. The number of aliphatic hydroxyl groups excluding tert-OH is 2. The molecule has 1 aliphatic carbocycles. The largest absolute Gasteiger partial charge is 0.502 e. The third-order valence-corrected chi connectivity index (χ3v) is 7.63. The summed E-state index contributed by atoms with van der Waals surface area (Å²) in [6, 6.07) is 8.58. The summed E-state index contributed by atoms with van der Waals surface area (Å²) in [5, 5.41) is 40.2. The van der Waals surface area contributed by atoms with E-state index in [2.05, 4.69) is 0 Å². The van der Waals surface area contributed by atoms with Gasteiger partial charge in [0.05, 0.1) is 52.2 Å². The zero-order valence-electron chi connectivity index (χ0n) is 24.8. The number of aromatic hydroxyl groups is 1. The minimum Gasteiger partial charge on any atom is -0.502 e. The van der Waals surface area contributed by atoms with E-state index < -0.39 is 54.6 Å². The Kier molecular flexibility index (Phi) is 11.1. The summed E-state index contributed by atoms with van der Waals surface area (Å²) >= 11 is 0. The zero-order chi connectivity index (χ0) is 31.3. The quantitative estimate of drug-likeness (QED) is 0.171. The summed E-state index contributed by atoms with van der Waals surface area (Å²) in [7, 11) is 4.33. The molecule has 1 saturated heterocycles. The fourth-order valence-electron chi connectivity index (χ4n) is 5.61. The van der Waals surface area contributed by atoms with E-state index in [1.165, 1.54) is 21.3 Å². The molecule has 0 radical (unpaired) electrons. The van der Waals surface area contributed by atoms with Crippen LogP contribution in [-0.2, 0) is 28.5 Å². The van der Waals surface area contributed by atoms with Gasteiger partial charge < -0.3 is 58.3 Å². The Labute approximate surface area is 249 Å². The first-order chi connectivity index (χ1) is 20.6. The highest BCUT2D eigenvalue weighted by Gasteiger charge is 2.53. The van der Waals surface area contributed by atoms with Crippen LogP contribution < -0.4 is 14.2 Å². The predicted octanol–water partition coefficient (Wildman–Crippen LogP) is 1.82. The van der Waals surface area contributed by atoms with Crippen molar-refractivity contribution < 1.29 is 63.1 Å². The molecule has 238 valence electrons. The third kappa shape index (κ3) is 7.15. The summed E-state index contributed by atoms with van der Waals surface area (Å²) in [6.07, 6.45) is -5.19. The second-order valence-electron chi connectivity index (χ2n) is 10.5. The average molecular weight is 609 g/mol. The van der Waals surface area contributed by atoms with Gasteiger partial charge in [-0.1, -0.05) is 6.07 Å². The second-order valence-corrected chi connectivity index (χ2v) is 10.5. The SMILES string of the molecule is COCOc1ccc2c(c1)[C@@H](c1cc(OC)c(O)c(OC)c1)[C@H]1C(=O)OCC1C2OC(COC(C)OC(C)CO)C(O)O. The first-order valence-electron chi connectivity index (χ1n) is 13.9. The van der Waals surface area contributed by atoms with Crippen LogP contribution in [0.5, 0.6) is 23.0 Å². The van der Waals surface area contributed by atoms with Crippen LogP contribution >= 0.6 is 0 Å². The monoisotopic (exact) mass is 608 g/mol. The van der Waals surface area contributed by atoms with Crippen molar-refractivity contribution in [1.29, 1.82) is 0 Å². The Hall–Kier alpha value is -3.17. The number of rotatable bonds is 15. The number of hydrogen-bond donors (Lipinski definition) is 4. The summed E-state index contributed by atoms with van der Waals surface area (Å²) in [5.74, 6) is -1.71. The lowest BCUT2D eigenvalue weighted by Crippen LogP contribution is -2.42. The number of benzene rings is 2. The Morgan fingerprint density at radius 3 is 2.33 bits per heavy atom. The van der Waals surface area contributed by atoms with E-state index in [1.54, 1.807) is 44.2 Å². The smallest absolute Gasteiger partial charge is 0.310 e. The molecule has 2 aromatic carbocycles. The first kappa shape index (κ1) is 32.7. The molecule has 13 nitrogen and oxygen atoms in total. The van der Waals surface area contributed by atoms with Crippen LogP contribution in [0.4, 0.5) is 0 Å². The van der Waals surface area contributed by atoms with Crippen LogP contribution in [0.25, 0.3) is 0 Å². The van der Waals surface area contributed by atoms with Gasteiger partial charge in [0.1, 0.15) is 11.9 Å². The van der Waals surface area contributed by atoms with Gasteiger partial charge in [0.2, 0.25) is 5.75 Å². The molecule has 13 heteroatoms. The van der Waals surface area contributed by atoms with E-state index in [-0.39, 0.29) is 43.9 Å². The highest BCUT2D eigenvalue weighted by molar-refractivity contribution is 5.78. The van der Waals surface area contributed by atoms with Gasteiger partial charge in [-0.2, -0.15) is 0 Å². The lowest BCUT2D eigenvalue weighted by Gasteiger charge is -2.40. The first-order valence-corrected chi connectivity index (χ1v) is 13.9. The maximum atomic E-state index is 13.3. The summed E-state index contributed by atoms with van der Waals surface area (Å²) < 4.78 is 44.6. The van der Waals surface area contributed by atoms with Crippen molar-refractivity contribution in [3.63, 3.8) is 0 Å². The topological polar surface area (TPSA) is 172 Å². The van der Waals surface area contributed by atoms with Gasteiger partial charge in [-0.25, -0.2) is 0 Å². The Bertz CT molecular complexity index is 1210. The molecule has 1 aliphatic heterocycles. The number of fused-ring (bicyclic) bond motifs is 2. The van der Waals surface area contributed by atoms with E-state index >= 15 is 0 Å². The number of carbonyl (C=O) groups excluding carboxylic acids is 1. The molecule has 5 unspecified atom stereocenters. The van der Waals surface area contributed by atoms with Crippen molar-refractivity contribution in [3.05, 3.63) is 47.0 Å². The molecular formula is C30H40O13. The number of ether oxygens (including phenoxy) is 8. The Balaban J connectivity index is 1.77. The zero-order valence-corrected chi connectivity index (χ0v) is 24.8. The van der Waals surface area contributed by atoms with Crippen LogP contribution in [0, 0.1) is 11.8 Å². The van der Waals surface area contributed by atoms with Crippen LogP contribution in [0.2, 0.25) is 0 Å². The fraction of sp³-hybridized carbons (Fsp3) is 0.567. The lowest BCUT2D eigenvalue weighted by molar-refractivity contribution is -0.228. The van der Waals surface area contributed by atoms with E-state index in [9.17, 15) is 25.2 Å². The molecule has 0 saturated carbocycles. The van der Waals surface area contributed by atoms with Gasteiger partial charge in [-0.3, -0.25) is 4.79 Å². The normalized spacial score (nSPS) is 23.2. The molecule has 4 rings (SSSR count). The fourth-order valence-corrected chi connectivity index (χ4v) is 5.61. The summed E-state index contributed by atoms with van der Waals surface area (Å²) in [6.45, 7) is 2.85. The highest BCUT2D eigenvalue weighted by atomic mass is 16.7. The van der Waals surface area contributed by atoms with Crippen molar-refractivity contribution in [2.45, 2.75) is 50.7 Å². The highest BCUT2D eigenvalue weighted by Crippen LogP contribution is 2.55. The van der Waals surface area contributed by atoms with E-state index in [4.69, 9.17) is 37.9 Å². The van der Waals surface area contributed by atoms with Crippen molar-refractivity contribution in [2.75, 3.05) is 47.9 Å². The van der Waals surface area contributed by atoms with E-state index in [0.29, 0.717) is 22.4 Å². The van der Waals surface area contributed by atoms with E-state index in [0.717, 1.165) is 0 Å². The van der Waals surface area contributed by atoms with Crippen molar-refractivity contribution >= 4 is 5.97 Å². The number of cyclic esters (lactones) is 1. The number of esters is 1. The van der Waals surface area contributed by atoms with Gasteiger partial charge in [-0.05, 0) is 54.8 Å². The van der Waals surface area contributed by atoms with Crippen LogP contribution in [-0.4, -0.2) is 99.1 Å². The Morgan fingerprint density at radius 2 is 1.72 bits per heavy atom. The Morgan fingerprint density at radius 1 is 1.02 bits per heavy atom. The number of phenols is 1. The van der Waals surface area contributed by atoms with Crippen molar-refractivity contribution in [1.82, 2.24) is 0 Å². The summed E-state index contributed by atoms with van der Waals surface area (Å²) in [5.41, 5.74) is 1.95. The lowest BCUT2D eigenvalue weighted by atomic mass is 9.66. The molecule has 2 aliphatic rings. The number of phenolic OH excluding ortho intramolecular Hbond substituents is 1. The van der Waals surface area contributed by atoms with Crippen molar-refractivity contribution in [2.24, 2.45) is 11.8 Å². The molecule has 1 heterocycles. The number of methoxy groups -OCH3 is 3. The molecule has 2 aromatic rings. The molecule has 0 spiro atoms. The minimum atomic E-state index is -1.92. The summed E-state index contributed by atoms with van der Waals surface area (Å²) in [4.78, 5) is 13.3. The van der Waals surface area contributed by atoms with Gasteiger partial charge >= 0.3 is 5.97 Å². The minimum absolute atomic E-state index is 0.0103. The maximum absolute atomic E-state index is 13.3. The van der Waals surface area contributed by atoms with Crippen LogP contribution in [0.3, 0.4) is 0 Å². The van der Waals surface area contributed by atoms with Crippen LogP contribution in [0.1, 0.15) is 42.6 Å². The van der Waals surface area contributed by atoms with Gasteiger partial charge in [0.25, 0.3) is 0 Å². The van der Waals surface area contributed by atoms with Gasteiger partial charge in [0.15, 0.2) is 30.9 Å². The number of aliphatic hydroxyl groups is 3. The van der Waals surface area contributed by atoms with Gasteiger partial charge in [0, 0.05) is 18.9 Å². The van der Waals surface area contributed by atoms with Gasteiger partial charge in [-0.15, -0.1) is 0 Å². The average Bonchev–Trinajstić information content (AvgIpc) is 3.38. The standard InChI is InChI=1S/C30H40O13/c1-15(11-31)42-16(2)39-13-24(29(33)34)43-28-19-7-6-18(41-14-36-3)10-20(19)25(26-21(28)12-40-30(26)35)17-8-22(37-4)27(32)23(9-17)38-5/h6-10,15-16,21,24-26,28-29,31-34H,11-14H2,1-5H3/t15?,16?,21?,24?,25-,26+,28?/m1/s1. The molecule has 0 amide bonds. The molecule has 1 fully saturated rings. The van der Waals surface area contributed by atoms with Crippen LogP contribution in [0.15, 0.2) is 30.3 Å². The molecule has 43 heavy (non-hydrogen) atoms. The molecule has 0 aromatic heterocycles. The molecule has 7 atom stereocenters. The molecule has 0 bridgehead atoms. The predicted molar refractivity (Wildman–Crippen MR) is 149 cm³/mol. The van der Waals surface area contributed by atoms with Crippen molar-refractivity contribution in [3.8, 4) is 23.0 Å². The second kappa shape index (κ2) is 14.5. The molecule has 4 N–H and O–H groups in total.